The maximum atomic E-state index is 12.2. The molecule has 0 bridgehead atoms. The van der Waals surface area contributed by atoms with E-state index in [1.807, 2.05) is 30.3 Å². The largest absolute Gasteiger partial charge is 0.461 e. The molecule has 0 aromatic heterocycles. The minimum atomic E-state index is -0.886. The van der Waals surface area contributed by atoms with Crippen LogP contribution in [0.15, 0.2) is 54.6 Å². The van der Waals surface area contributed by atoms with Crippen molar-refractivity contribution in [3.05, 3.63) is 71.3 Å². The van der Waals surface area contributed by atoms with Gasteiger partial charge in [0.25, 0.3) is 0 Å². The Morgan fingerprint density at radius 2 is 1.81 bits per heavy atom. The first kappa shape index (κ1) is 23.2. The molecule has 0 saturated carbocycles. The second kappa shape index (κ2) is 10.2. The summed E-state index contributed by atoms with van der Waals surface area (Å²) in [6.45, 7) is 5.12. The van der Waals surface area contributed by atoms with Crippen LogP contribution in [0.3, 0.4) is 0 Å². The van der Waals surface area contributed by atoms with E-state index in [1.54, 1.807) is 38.1 Å². The lowest BCUT2D eigenvalue weighted by Crippen LogP contribution is -2.23. The molecule has 1 fully saturated rings. The topological polar surface area (TPSA) is 91.4 Å². The van der Waals surface area contributed by atoms with E-state index in [0.717, 1.165) is 5.56 Å². The van der Waals surface area contributed by atoms with Gasteiger partial charge in [-0.25, -0.2) is 4.79 Å². The first-order valence-corrected chi connectivity index (χ1v) is 10.3. The normalized spacial score (nSPS) is 17.2. The molecule has 168 valence electrons. The number of rotatable bonds is 9. The zero-order chi connectivity index (χ0) is 23.1. The van der Waals surface area contributed by atoms with Gasteiger partial charge in [-0.15, -0.1) is 0 Å². The summed E-state index contributed by atoms with van der Waals surface area (Å²) in [6, 6.07) is 14.5. The zero-order valence-electron chi connectivity index (χ0n) is 18.3. The van der Waals surface area contributed by atoms with Gasteiger partial charge in [0.2, 0.25) is 0 Å². The van der Waals surface area contributed by atoms with Crippen LogP contribution in [0, 0.1) is 5.92 Å². The number of ether oxygens (including phenoxy) is 4. The van der Waals surface area contributed by atoms with Gasteiger partial charge in [-0.05, 0) is 23.3 Å². The summed E-state index contributed by atoms with van der Waals surface area (Å²) in [5, 5.41) is 0. The number of benzene rings is 2. The van der Waals surface area contributed by atoms with Crippen LogP contribution in [-0.4, -0.2) is 31.1 Å². The van der Waals surface area contributed by atoms with Crippen LogP contribution in [-0.2, 0) is 40.8 Å². The van der Waals surface area contributed by atoms with Crippen molar-refractivity contribution >= 4 is 24.0 Å². The molecule has 0 spiro atoms. The zero-order valence-corrected chi connectivity index (χ0v) is 18.3. The number of hydrogen-bond donors (Lipinski definition) is 0. The molecule has 32 heavy (non-hydrogen) atoms. The van der Waals surface area contributed by atoms with Crippen molar-refractivity contribution in [1.82, 2.24) is 0 Å². The summed E-state index contributed by atoms with van der Waals surface area (Å²) in [6.07, 6.45) is 3.02. The third kappa shape index (κ3) is 6.28. The molecular formula is C25H26O7. The fourth-order valence-electron chi connectivity index (χ4n) is 2.90. The fourth-order valence-corrected chi connectivity index (χ4v) is 2.90. The molecule has 0 N–H and O–H groups in total. The van der Waals surface area contributed by atoms with Gasteiger partial charge in [0.15, 0.2) is 5.60 Å². The monoisotopic (exact) mass is 438 g/mol. The van der Waals surface area contributed by atoms with Crippen molar-refractivity contribution < 1.29 is 33.3 Å². The van der Waals surface area contributed by atoms with Gasteiger partial charge in [0, 0.05) is 18.6 Å². The molecule has 1 aliphatic rings. The fraction of sp³-hybridized carbons (Fsp3) is 0.320. The predicted molar refractivity (Wildman–Crippen MR) is 116 cm³/mol. The van der Waals surface area contributed by atoms with Gasteiger partial charge in [0.1, 0.15) is 19.0 Å². The number of esters is 3. The Labute approximate surface area is 186 Å². The second-order valence-electron chi connectivity index (χ2n) is 7.82. The average molecular weight is 438 g/mol. The van der Waals surface area contributed by atoms with Crippen LogP contribution in [0.1, 0.15) is 37.5 Å². The van der Waals surface area contributed by atoms with E-state index in [0.29, 0.717) is 23.5 Å². The minimum Gasteiger partial charge on any atom is -0.461 e. The summed E-state index contributed by atoms with van der Waals surface area (Å²) < 4.78 is 21.6. The average Bonchev–Trinajstić information content (AvgIpc) is 3.56. The number of hydrogen-bond acceptors (Lipinski definition) is 7. The van der Waals surface area contributed by atoms with Crippen molar-refractivity contribution in [1.29, 1.82) is 0 Å². The Balaban J connectivity index is 1.73. The van der Waals surface area contributed by atoms with Crippen molar-refractivity contribution in [2.24, 2.45) is 5.92 Å². The lowest BCUT2D eigenvalue weighted by atomic mass is 9.98. The van der Waals surface area contributed by atoms with Crippen molar-refractivity contribution in [3.8, 4) is 5.75 Å². The lowest BCUT2D eigenvalue weighted by molar-refractivity contribution is -0.142. The Kier molecular flexibility index (Phi) is 7.43. The Hall–Kier alpha value is -3.45. The summed E-state index contributed by atoms with van der Waals surface area (Å²) in [4.78, 5) is 35.5. The molecule has 3 rings (SSSR count). The Bertz CT molecular complexity index is 1000. The van der Waals surface area contributed by atoms with E-state index in [2.05, 4.69) is 0 Å². The highest BCUT2D eigenvalue weighted by Gasteiger charge is 2.50. The number of epoxide rings is 1. The Morgan fingerprint density at radius 3 is 2.44 bits per heavy atom. The maximum absolute atomic E-state index is 12.2. The van der Waals surface area contributed by atoms with Gasteiger partial charge in [-0.1, -0.05) is 56.3 Å². The van der Waals surface area contributed by atoms with Gasteiger partial charge in [-0.3, -0.25) is 9.59 Å². The van der Waals surface area contributed by atoms with Crippen LogP contribution in [0.25, 0.3) is 6.08 Å². The third-order valence-electron chi connectivity index (χ3n) is 4.81. The number of carbonyl (C=O) groups is 3. The second-order valence-corrected chi connectivity index (χ2v) is 7.82. The molecule has 1 atom stereocenters. The predicted octanol–water partition coefficient (Wildman–Crippen LogP) is 3.79. The first-order chi connectivity index (χ1) is 15.3. The highest BCUT2D eigenvalue weighted by atomic mass is 16.6. The smallest absolute Gasteiger partial charge is 0.330 e. The SMILES string of the molecule is CC(=O)OCc1ccc([C@@]2(COC(=O)/C=C/c3ccccc3)CO2)c(OC(=O)C(C)C)c1. The molecule has 2 aromatic carbocycles. The van der Waals surface area contributed by atoms with E-state index in [4.69, 9.17) is 18.9 Å². The Morgan fingerprint density at radius 1 is 1.09 bits per heavy atom. The van der Waals surface area contributed by atoms with Crippen molar-refractivity contribution in [2.45, 2.75) is 33.0 Å². The third-order valence-corrected chi connectivity index (χ3v) is 4.81. The molecule has 7 nitrogen and oxygen atoms in total. The van der Waals surface area contributed by atoms with E-state index >= 15 is 0 Å². The van der Waals surface area contributed by atoms with E-state index < -0.39 is 23.5 Å². The molecule has 0 amide bonds. The van der Waals surface area contributed by atoms with Crippen LogP contribution in [0.2, 0.25) is 0 Å². The maximum Gasteiger partial charge on any atom is 0.330 e. The molecule has 0 aliphatic carbocycles. The molecule has 1 aliphatic heterocycles. The minimum absolute atomic E-state index is 0.0273. The molecule has 0 radical (unpaired) electrons. The van der Waals surface area contributed by atoms with Crippen LogP contribution < -0.4 is 4.74 Å². The van der Waals surface area contributed by atoms with E-state index in [9.17, 15) is 14.4 Å². The lowest BCUT2D eigenvalue weighted by Gasteiger charge is -2.18. The summed E-state index contributed by atoms with van der Waals surface area (Å²) in [5.74, 6) is -1.36. The van der Waals surface area contributed by atoms with Crippen molar-refractivity contribution in [3.63, 3.8) is 0 Å². The first-order valence-electron chi connectivity index (χ1n) is 10.3. The van der Waals surface area contributed by atoms with Crippen molar-refractivity contribution in [2.75, 3.05) is 13.2 Å². The van der Waals surface area contributed by atoms with Crippen LogP contribution >= 0.6 is 0 Å². The molecule has 2 aromatic rings. The quantitative estimate of drug-likeness (QED) is 0.255. The highest BCUT2D eigenvalue weighted by molar-refractivity contribution is 5.87. The van der Waals surface area contributed by atoms with Gasteiger partial charge in [0.05, 0.1) is 12.5 Å². The van der Waals surface area contributed by atoms with Gasteiger partial charge < -0.3 is 18.9 Å². The molecule has 7 heteroatoms. The highest BCUT2D eigenvalue weighted by Crippen LogP contribution is 2.44. The van der Waals surface area contributed by atoms with Gasteiger partial charge in [-0.2, -0.15) is 0 Å². The molecule has 1 saturated heterocycles. The van der Waals surface area contributed by atoms with Crippen LogP contribution in [0.4, 0.5) is 0 Å². The summed E-state index contributed by atoms with van der Waals surface area (Å²) in [7, 11) is 0. The van der Waals surface area contributed by atoms with Gasteiger partial charge >= 0.3 is 17.9 Å². The van der Waals surface area contributed by atoms with E-state index in [-0.39, 0.29) is 19.1 Å². The summed E-state index contributed by atoms with van der Waals surface area (Å²) >= 11 is 0. The standard InChI is InChI=1S/C25H26O7/c1-17(2)24(28)32-22-13-20(14-29-18(3)26)9-11-21(22)25(16-31-25)15-30-23(27)12-10-19-7-5-4-6-8-19/h4-13,17H,14-16H2,1-3H3/b12-10+/t25-/m1/s1. The summed E-state index contributed by atoms with van der Waals surface area (Å²) in [5.41, 5.74) is 1.25. The molecule has 1 heterocycles. The van der Waals surface area contributed by atoms with E-state index in [1.165, 1.54) is 13.0 Å². The molecular weight excluding hydrogens is 412 g/mol. The van der Waals surface area contributed by atoms with Crippen LogP contribution in [0.5, 0.6) is 5.75 Å². The number of carbonyl (C=O) groups excluding carboxylic acids is 3. The molecule has 0 unspecified atom stereocenters.